The first-order valence-corrected chi connectivity index (χ1v) is 5.62. The van der Waals surface area contributed by atoms with Crippen LogP contribution in [0.3, 0.4) is 0 Å². The lowest BCUT2D eigenvalue weighted by atomic mass is 10.1. The molecule has 2 N–H and O–H groups in total. The van der Waals surface area contributed by atoms with E-state index in [1.807, 2.05) is 0 Å². The Labute approximate surface area is 110 Å². The smallest absolute Gasteiger partial charge is 0.344 e. The topological polar surface area (TPSA) is 95.7 Å². The molecule has 1 amide bonds. The van der Waals surface area contributed by atoms with E-state index in [-0.39, 0.29) is 12.4 Å². The van der Waals surface area contributed by atoms with Gasteiger partial charge in [-0.3, -0.25) is 9.59 Å². The number of rotatable bonds is 6. The third-order valence-electron chi connectivity index (χ3n) is 2.31. The molecule has 0 aliphatic heterocycles. The molecule has 0 radical (unpaired) electrons. The number of ketones is 1. The van der Waals surface area contributed by atoms with E-state index in [4.69, 9.17) is 15.2 Å². The van der Waals surface area contributed by atoms with Crippen molar-refractivity contribution in [2.45, 2.75) is 20.0 Å². The fourth-order valence-electron chi connectivity index (χ4n) is 1.24. The molecule has 0 saturated carbocycles. The Morgan fingerprint density at radius 2 is 2.00 bits per heavy atom. The number of nitrogens with two attached hydrogens (primary N) is 1. The number of esters is 1. The van der Waals surface area contributed by atoms with E-state index in [9.17, 15) is 14.4 Å². The van der Waals surface area contributed by atoms with Crippen molar-refractivity contribution in [2.75, 3.05) is 6.61 Å². The van der Waals surface area contributed by atoms with E-state index in [1.54, 1.807) is 18.2 Å². The molecule has 0 spiro atoms. The van der Waals surface area contributed by atoms with Crippen LogP contribution < -0.4 is 10.5 Å². The highest BCUT2D eigenvalue weighted by atomic mass is 16.6. The fourth-order valence-corrected chi connectivity index (χ4v) is 1.24. The molecular weight excluding hydrogens is 250 g/mol. The SMILES string of the molecule is CC(=O)c1cccc(OCC(=O)O[C@H](C)C(N)=O)c1. The molecule has 0 aliphatic carbocycles. The molecule has 19 heavy (non-hydrogen) atoms. The highest BCUT2D eigenvalue weighted by Gasteiger charge is 2.14. The Kier molecular flexibility index (Phi) is 5.05. The number of ether oxygens (including phenoxy) is 2. The number of primary amides is 1. The molecule has 0 heterocycles. The number of hydrogen-bond donors (Lipinski definition) is 1. The number of benzene rings is 1. The highest BCUT2D eigenvalue weighted by molar-refractivity contribution is 5.94. The molecule has 1 atom stereocenters. The molecule has 0 aromatic heterocycles. The van der Waals surface area contributed by atoms with E-state index < -0.39 is 18.0 Å². The van der Waals surface area contributed by atoms with Crippen molar-refractivity contribution < 1.29 is 23.9 Å². The molecular formula is C13H15NO5. The van der Waals surface area contributed by atoms with Crippen LogP contribution in [0, 0.1) is 0 Å². The summed E-state index contributed by atoms with van der Waals surface area (Å²) in [5.74, 6) is -1.17. The summed E-state index contributed by atoms with van der Waals surface area (Å²) in [6.45, 7) is 2.44. The van der Waals surface area contributed by atoms with Crippen molar-refractivity contribution in [1.82, 2.24) is 0 Å². The Balaban J connectivity index is 2.53. The van der Waals surface area contributed by atoms with Gasteiger partial charge in [0.25, 0.3) is 5.91 Å². The zero-order chi connectivity index (χ0) is 14.4. The zero-order valence-corrected chi connectivity index (χ0v) is 10.7. The second-order valence-corrected chi connectivity index (χ2v) is 3.91. The van der Waals surface area contributed by atoms with Crippen molar-refractivity contribution >= 4 is 17.7 Å². The highest BCUT2D eigenvalue weighted by Crippen LogP contribution is 2.13. The summed E-state index contributed by atoms with van der Waals surface area (Å²) in [4.78, 5) is 33.2. The Morgan fingerprint density at radius 3 is 2.58 bits per heavy atom. The second kappa shape index (κ2) is 6.53. The van der Waals surface area contributed by atoms with Gasteiger partial charge in [0, 0.05) is 5.56 Å². The van der Waals surface area contributed by atoms with Gasteiger partial charge in [0.15, 0.2) is 18.5 Å². The summed E-state index contributed by atoms with van der Waals surface area (Å²) in [6, 6.07) is 6.41. The van der Waals surface area contributed by atoms with Gasteiger partial charge >= 0.3 is 5.97 Å². The predicted octanol–water partition coefficient (Wildman–Crippen LogP) is 0.685. The van der Waals surface area contributed by atoms with Crippen molar-refractivity contribution in [2.24, 2.45) is 5.73 Å². The Morgan fingerprint density at radius 1 is 1.32 bits per heavy atom. The average molecular weight is 265 g/mol. The number of amides is 1. The number of carbonyl (C=O) groups is 3. The van der Waals surface area contributed by atoms with Crippen LogP contribution in [-0.2, 0) is 14.3 Å². The van der Waals surface area contributed by atoms with Crippen molar-refractivity contribution in [3.63, 3.8) is 0 Å². The second-order valence-electron chi connectivity index (χ2n) is 3.91. The summed E-state index contributed by atoms with van der Waals surface area (Å²) in [5.41, 5.74) is 5.43. The van der Waals surface area contributed by atoms with E-state index in [0.29, 0.717) is 11.3 Å². The maximum Gasteiger partial charge on any atom is 0.344 e. The molecule has 0 saturated heterocycles. The maximum atomic E-state index is 11.3. The van der Waals surface area contributed by atoms with Gasteiger partial charge in [-0.15, -0.1) is 0 Å². The lowest BCUT2D eigenvalue weighted by Crippen LogP contribution is -2.32. The quantitative estimate of drug-likeness (QED) is 0.603. The maximum absolute atomic E-state index is 11.3. The van der Waals surface area contributed by atoms with Crippen LogP contribution >= 0.6 is 0 Å². The third kappa shape index (κ3) is 4.79. The van der Waals surface area contributed by atoms with E-state index in [1.165, 1.54) is 19.9 Å². The lowest BCUT2D eigenvalue weighted by molar-refractivity contribution is -0.155. The first-order chi connectivity index (χ1) is 8.90. The number of hydrogen-bond acceptors (Lipinski definition) is 5. The minimum atomic E-state index is -1.00. The number of Topliss-reactive ketones (excluding diaryl/α,β-unsaturated/α-hetero) is 1. The molecule has 1 rings (SSSR count). The lowest BCUT2D eigenvalue weighted by Gasteiger charge is -2.10. The molecule has 0 unspecified atom stereocenters. The molecule has 0 fully saturated rings. The van der Waals surface area contributed by atoms with Gasteiger partial charge in [-0.2, -0.15) is 0 Å². The van der Waals surface area contributed by atoms with Gasteiger partial charge in [0.2, 0.25) is 0 Å². The minimum absolute atomic E-state index is 0.102. The standard InChI is InChI=1S/C13H15NO5/c1-8(15)10-4-3-5-11(6-10)18-7-12(16)19-9(2)13(14)17/h3-6,9H,7H2,1-2H3,(H2,14,17)/t9-/m1/s1. The normalized spacial score (nSPS) is 11.5. The molecule has 0 bridgehead atoms. The Hall–Kier alpha value is -2.37. The van der Waals surface area contributed by atoms with Gasteiger partial charge in [0.1, 0.15) is 5.75 Å². The summed E-state index contributed by atoms with van der Waals surface area (Å²) in [5, 5.41) is 0. The van der Waals surface area contributed by atoms with Gasteiger partial charge in [0.05, 0.1) is 0 Å². The van der Waals surface area contributed by atoms with E-state index in [2.05, 4.69) is 0 Å². The summed E-state index contributed by atoms with van der Waals surface area (Å²) in [6.07, 6.45) is -1.00. The first-order valence-electron chi connectivity index (χ1n) is 5.62. The van der Waals surface area contributed by atoms with E-state index >= 15 is 0 Å². The predicted molar refractivity (Wildman–Crippen MR) is 66.7 cm³/mol. The van der Waals surface area contributed by atoms with Crippen LogP contribution in [0.25, 0.3) is 0 Å². The van der Waals surface area contributed by atoms with Crippen LogP contribution in [0.1, 0.15) is 24.2 Å². The van der Waals surface area contributed by atoms with Crippen LogP contribution in [0.15, 0.2) is 24.3 Å². The van der Waals surface area contributed by atoms with Crippen LogP contribution in [0.2, 0.25) is 0 Å². The van der Waals surface area contributed by atoms with Gasteiger partial charge in [-0.1, -0.05) is 12.1 Å². The summed E-state index contributed by atoms with van der Waals surface area (Å²) in [7, 11) is 0. The summed E-state index contributed by atoms with van der Waals surface area (Å²) < 4.78 is 9.87. The van der Waals surface area contributed by atoms with E-state index in [0.717, 1.165) is 0 Å². The average Bonchev–Trinajstić information content (AvgIpc) is 2.36. The fraction of sp³-hybridized carbons (Fsp3) is 0.308. The molecule has 102 valence electrons. The molecule has 6 heteroatoms. The van der Waals surface area contributed by atoms with Crippen molar-refractivity contribution in [3.05, 3.63) is 29.8 Å². The monoisotopic (exact) mass is 265 g/mol. The minimum Gasteiger partial charge on any atom is -0.482 e. The van der Waals surface area contributed by atoms with Crippen LogP contribution in [-0.4, -0.2) is 30.4 Å². The Bertz CT molecular complexity index is 498. The molecule has 1 aromatic carbocycles. The van der Waals surface area contributed by atoms with Gasteiger partial charge < -0.3 is 15.2 Å². The molecule has 0 aliphatic rings. The van der Waals surface area contributed by atoms with Crippen molar-refractivity contribution in [3.8, 4) is 5.75 Å². The van der Waals surface area contributed by atoms with Crippen LogP contribution in [0.4, 0.5) is 0 Å². The third-order valence-corrected chi connectivity index (χ3v) is 2.31. The van der Waals surface area contributed by atoms with Crippen molar-refractivity contribution in [1.29, 1.82) is 0 Å². The zero-order valence-electron chi connectivity index (χ0n) is 10.7. The largest absolute Gasteiger partial charge is 0.482 e. The van der Waals surface area contributed by atoms with Crippen LogP contribution in [0.5, 0.6) is 5.75 Å². The van der Waals surface area contributed by atoms with Gasteiger partial charge in [-0.25, -0.2) is 4.79 Å². The molecule has 1 aromatic rings. The van der Waals surface area contributed by atoms with Gasteiger partial charge in [-0.05, 0) is 26.0 Å². The molecule has 6 nitrogen and oxygen atoms in total. The number of carbonyl (C=O) groups excluding carboxylic acids is 3. The first kappa shape index (κ1) is 14.7. The summed E-state index contributed by atoms with van der Waals surface area (Å²) >= 11 is 0.